The van der Waals surface area contributed by atoms with Crippen LogP contribution in [0.2, 0.25) is 0 Å². The van der Waals surface area contributed by atoms with Gasteiger partial charge in [-0.1, -0.05) is 194 Å². The molecule has 0 spiro atoms. The molecule has 0 radical (unpaired) electrons. The van der Waals surface area contributed by atoms with Crippen molar-refractivity contribution in [2.75, 3.05) is 4.90 Å². The average molecular weight is 766 g/mol. The molecule has 10 aromatic carbocycles. The lowest BCUT2D eigenvalue weighted by atomic mass is 9.93. The molecule has 0 aliphatic carbocycles. The van der Waals surface area contributed by atoms with E-state index in [1.165, 1.54) is 44.5 Å². The van der Waals surface area contributed by atoms with Gasteiger partial charge >= 0.3 is 0 Å². The van der Waals surface area contributed by atoms with E-state index in [0.717, 1.165) is 60.9 Å². The van der Waals surface area contributed by atoms with Crippen LogP contribution in [0.3, 0.4) is 0 Å². The molecule has 0 unspecified atom stereocenters. The second kappa shape index (κ2) is 15.1. The summed E-state index contributed by atoms with van der Waals surface area (Å²) < 4.78 is 6.93. The molecule has 0 amide bonds. The highest BCUT2D eigenvalue weighted by Crippen LogP contribution is 2.48. The van der Waals surface area contributed by atoms with Gasteiger partial charge in [-0.15, -0.1) is 0 Å². The van der Waals surface area contributed by atoms with Gasteiger partial charge in [0.25, 0.3) is 0 Å². The van der Waals surface area contributed by atoms with Crippen molar-refractivity contribution in [3.8, 4) is 55.6 Å². The normalized spacial score (nSPS) is 11.3. The summed E-state index contributed by atoms with van der Waals surface area (Å²) in [5.74, 6) is 0. The number of fused-ring (bicyclic) bond motifs is 5. The highest BCUT2D eigenvalue weighted by molar-refractivity contribution is 6.22. The minimum Gasteiger partial charge on any atom is -0.455 e. The number of para-hydroxylation sites is 1. The van der Waals surface area contributed by atoms with Crippen molar-refractivity contribution in [1.29, 1.82) is 0 Å². The third-order valence-corrected chi connectivity index (χ3v) is 11.7. The monoisotopic (exact) mass is 765 g/mol. The lowest BCUT2D eigenvalue weighted by molar-refractivity contribution is 0.672. The largest absolute Gasteiger partial charge is 0.455 e. The Bertz CT molecular complexity index is 3280. The number of rotatable bonds is 8. The molecule has 1 heterocycles. The van der Waals surface area contributed by atoms with Crippen LogP contribution in [-0.2, 0) is 0 Å². The molecule has 0 aliphatic rings. The highest BCUT2D eigenvalue weighted by Gasteiger charge is 2.24. The predicted octanol–water partition coefficient (Wildman–Crippen LogP) is 16.5. The summed E-state index contributed by atoms with van der Waals surface area (Å²) >= 11 is 0. The molecule has 1 aromatic heterocycles. The van der Waals surface area contributed by atoms with Gasteiger partial charge in [0, 0.05) is 22.0 Å². The Hall–Kier alpha value is -7.94. The standard InChI is InChI=1S/C58H39NO/c1-4-16-40(17-5-1)43-30-32-45(33-31-43)49-24-12-13-27-54(49)59(48-36-34-44(35-37-48)41-18-6-2-7-19-41)55-28-15-29-56-57(55)53-39-52(50-25-10-11-26-51(50)58(53)60-56)47-23-14-22-46(38-47)42-20-8-3-9-21-42/h1-39H. The highest BCUT2D eigenvalue weighted by atomic mass is 16.3. The fourth-order valence-corrected chi connectivity index (χ4v) is 8.78. The van der Waals surface area contributed by atoms with Crippen molar-refractivity contribution in [3.63, 3.8) is 0 Å². The molecule has 11 rings (SSSR count). The van der Waals surface area contributed by atoms with Crippen molar-refractivity contribution < 1.29 is 4.42 Å². The third kappa shape index (κ3) is 6.32. The predicted molar refractivity (Wildman–Crippen MR) is 253 cm³/mol. The van der Waals surface area contributed by atoms with Crippen LogP contribution in [0.1, 0.15) is 0 Å². The summed E-state index contributed by atoms with van der Waals surface area (Å²) in [5, 5.41) is 4.40. The molecular formula is C58H39NO. The lowest BCUT2D eigenvalue weighted by Gasteiger charge is -2.28. The molecule has 2 heteroatoms. The van der Waals surface area contributed by atoms with Gasteiger partial charge in [-0.3, -0.25) is 0 Å². The number of hydrogen-bond acceptors (Lipinski definition) is 2. The van der Waals surface area contributed by atoms with Gasteiger partial charge in [0.1, 0.15) is 11.2 Å². The molecule has 0 N–H and O–H groups in total. The van der Waals surface area contributed by atoms with Crippen molar-refractivity contribution in [3.05, 3.63) is 237 Å². The SMILES string of the molecule is c1ccc(-c2ccc(-c3ccccc3N(c3ccc(-c4ccccc4)cc3)c3cccc4oc5c6ccccc6c(-c6cccc(-c7ccccc7)c6)cc5c34)cc2)cc1. The second-order valence-electron chi connectivity index (χ2n) is 15.3. The maximum atomic E-state index is 6.93. The average Bonchev–Trinajstić information content (AvgIpc) is 3.72. The first kappa shape index (κ1) is 35.2. The van der Waals surface area contributed by atoms with Gasteiger partial charge in [-0.25, -0.2) is 0 Å². The van der Waals surface area contributed by atoms with Crippen molar-refractivity contribution >= 4 is 49.8 Å². The van der Waals surface area contributed by atoms with Crippen molar-refractivity contribution in [2.24, 2.45) is 0 Å². The Balaban J connectivity index is 1.14. The zero-order chi connectivity index (χ0) is 39.8. The maximum Gasteiger partial charge on any atom is 0.143 e. The summed E-state index contributed by atoms with van der Waals surface area (Å²) in [7, 11) is 0. The van der Waals surface area contributed by atoms with E-state index in [2.05, 4.69) is 241 Å². The first-order valence-corrected chi connectivity index (χ1v) is 20.5. The van der Waals surface area contributed by atoms with E-state index >= 15 is 0 Å². The summed E-state index contributed by atoms with van der Waals surface area (Å²) in [6, 6.07) is 84.7. The van der Waals surface area contributed by atoms with Crippen LogP contribution in [0.4, 0.5) is 17.1 Å². The summed E-state index contributed by atoms with van der Waals surface area (Å²) in [6.07, 6.45) is 0. The first-order chi connectivity index (χ1) is 29.8. The molecule has 0 atom stereocenters. The van der Waals surface area contributed by atoms with Crippen LogP contribution in [0.5, 0.6) is 0 Å². The molecule has 282 valence electrons. The molecular weight excluding hydrogens is 727 g/mol. The van der Waals surface area contributed by atoms with Crippen molar-refractivity contribution in [2.45, 2.75) is 0 Å². The van der Waals surface area contributed by atoms with Crippen LogP contribution in [-0.4, -0.2) is 0 Å². The van der Waals surface area contributed by atoms with E-state index in [-0.39, 0.29) is 0 Å². The van der Waals surface area contributed by atoms with Gasteiger partial charge in [0.2, 0.25) is 0 Å². The maximum absolute atomic E-state index is 6.93. The minimum atomic E-state index is 0.846. The van der Waals surface area contributed by atoms with E-state index in [9.17, 15) is 0 Å². The molecule has 2 nitrogen and oxygen atoms in total. The van der Waals surface area contributed by atoms with Gasteiger partial charge in [0.05, 0.1) is 16.8 Å². The number of nitrogens with zero attached hydrogens (tertiary/aromatic N) is 1. The Kier molecular flexibility index (Phi) is 8.87. The van der Waals surface area contributed by atoms with E-state index in [0.29, 0.717) is 0 Å². The zero-order valence-electron chi connectivity index (χ0n) is 32.9. The molecule has 0 aliphatic heterocycles. The lowest BCUT2D eigenvalue weighted by Crippen LogP contribution is -2.11. The van der Waals surface area contributed by atoms with Gasteiger partial charge in [0.15, 0.2) is 0 Å². The number of furan rings is 1. The van der Waals surface area contributed by atoms with E-state index < -0.39 is 0 Å². The quantitative estimate of drug-likeness (QED) is 0.153. The van der Waals surface area contributed by atoms with Crippen LogP contribution in [0.15, 0.2) is 241 Å². The Morgan fingerprint density at radius 1 is 0.283 bits per heavy atom. The molecule has 11 aromatic rings. The summed E-state index contributed by atoms with van der Waals surface area (Å²) in [6.45, 7) is 0. The van der Waals surface area contributed by atoms with Gasteiger partial charge in [-0.05, 0) is 97.9 Å². The Morgan fingerprint density at radius 3 is 1.45 bits per heavy atom. The third-order valence-electron chi connectivity index (χ3n) is 11.7. The van der Waals surface area contributed by atoms with E-state index in [1.54, 1.807) is 0 Å². The van der Waals surface area contributed by atoms with E-state index in [1.807, 2.05) is 0 Å². The number of hydrogen-bond donors (Lipinski definition) is 0. The molecule has 60 heavy (non-hydrogen) atoms. The van der Waals surface area contributed by atoms with Crippen LogP contribution < -0.4 is 4.90 Å². The van der Waals surface area contributed by atoms with Crippen LogP contribution in [0.25, 0.3) is 88.3 Å². The summed E-state index contributed by atoms with van der Waals surface area (Å²) in [5.41, 5.74) is 16.7. The fraction of sp³-hybridized carbons (Fsp3) is 0. The van der Waals surface area contributed by atoms with Gasteiger partial charge < -0.3 is 9.32 Å². The van der Waals surface area contributed by atoms with Crippen molar-refractivity contribution in [1.82, 2.24) is 0 Å². The minimum absolute atomic E-state index is 0.846. The fourth-order valence-electron chi connectivity index (χ4n) is 8.78. The Labute approximate surface area is 349 Å². The molecule has 0 fully saturated rings. The van der Waals surface area contributed by atoms with Crippen LogP contribution >= 0.6 is 0 Å². The smallest absolute Gasteiger partial charge is 0.143 e. The number of benzene rings is 10. The molecule has 0 saturated carbocycles. The van der Waals surface area contributed by atoms with Gasteiger partial charge in [-0.2, -0.15) is 0 Å². The molecule has 0 bridgehead atoms. The van der Waals surface area contributed by atoms with Crippen LogP contribution in [0, 0.1) is 0 Å². The Morgan fingerprint density at radius 2 is 0.767 bits per heavy atom. The van der Waals surface area contributed by atoms with E-state index in [4.69, 9.17) is 4.42 Å². The topological polar surface area (TPSA) is 16.4 Å². The zero-order valence-corrected chi connectivity index (χ0v) is 32.9. The summed E-state index contributed by atoms with van der Waals surface area (Å²) in [4.78, 5) is 2.41. The molecule has 0 saturated heterocycles. The number of anilines is 3. The first-order valence-electron chi connectivity index (χ1n) is 20.5. The second-order valence-corrected chi connectivity index (χ2v) is 15.3.